The van der Waals surface area contributed by atoms with Crippen molar-refractivity contribution in [3.05, 3.63) is 88.9 Å². The van der Waals surface area contributed by atoms with E-state index in [2.05, 4.69) is 10.6 Å². The Morgan fingerprint density at radius 3 is 2.27 bits per heavy atom. The van der Waals surface area contributed by atoms with E-state index in [1.54, 1.807) is 37.3 Å². The van der Waals surface area contributed by atoms with Crippen LogP contribution in [0.5, 0.6) is 5.75 Å². The van der Waals surface area contributed by atoms with Crippen molar-refractivity contribution in [2.45, 2.75) is 19.8 Å². The van der Waals surface area contributed by atoms with Crippen molar-refractivity contribution in [2.75, 3.05) is 17.2 Å². The van der Waals surface area contributed by atoms with E-state index in [9.17, 15) is 14.4 Å². The van der Waals surface area contributed by atoms with Crippen molar-refractivity contribution in [1.82, 2.24) is 0 Å². The smallest absolute Gasteiger partial charge is 0.434 e. The number of anilines is 2. The molecule has 0 heterocycles. The monoisotopic (exact) mass is 466 g/mol. The number of ether oxygens (including phenoxy) is 2. The first kappa shape index (κ1) is 23.8. The van der Waals surface area contributed by atoms with E-state index >= 15 is 0 Å². The first-order valence-corrected chi connectivity index (χ1v) is 10.7. The summed E-state index contributed by atoms with van der Waals surface area (Å²) in [5.41, 5.74) is 2.38. The molecule has 0 aliphatic rings. The molecular weight excluding hydrogens is 444 g/mol. The van der Waals surface area contributed by atoms with Gasteiger partial charge in [0, 0.05) is 28.4 Å². The van der Waals surface area contributed by atoms with Gasteiger partial charge in [0.15, 0.2) is 0 Å². The number of halogens is 1. The highest BCUT2D eigenvalue weighted by Gasteiger charge is 2.10. The Hall–Kier alpha value is -3.84. The van der Waals surface area contributed by atoms with E-state index in [1.807, 2.05) is 18.2 Å². The molecule has 0 saturated heterocycles. The van der Waals surface area contributed by atoms with Crippen molar-refractivity contribution in [2.24, 2.45) is 0 Å². The molecule has 0 fully saturated rings. The Kier molecular flexibility index (Phi) is 8.43. The highest BCUT2D eigenvalue weighted by Crippen LogP contribution is 2.20. The molecule has 0 saturated carbocycles. The number of carbonyl (C=O) groups excluding carboxylic acids is 3. The predicted octanol–water partition coefficient (Wildman–Crippen LogP) is 5.70. The summed E-state index contributed by atoms with van der Waals surface area (Å²) in [6.45, 7) is 1.89. The molecule has 0 aromatic heterocycles. The zero-order chi connectivity index (χ0) is 23.6. The van der Waals surface area contributed by atoms with Crippen molar-refractivity contribution < 1.29 is 23.9 Å². The van der Waals surface area contributed by atoms with Crippen LogP contribution in [0.2, 0.25) is 5.02 Å². The second kappa shape index (κ2) is 11.7. The van der Waals surface area contributed by atoms with Crippen LogP contribution in [-0.2, 0) is 16.0 Å². The van der Waals surface area contributed by atoms with Crippen LogP contribution >= 0.6 is 11.6 Å². The molecule has 0 unspecified atom stereocenters. The van der Waals surface area contributed by atoms with Crippen molar-refractivity contribution in [3.63, 3.8) is 0 Å². The van der Waals surface area contributed by atoms with Gasteiger partial charge in [-0.2, -0.15) is 0 Å². The molecule has 3 rings (SSSR count). The average molecular weight is 467 g/mol. The second-order valence-corrected chi connectivity index (χ2v) is 7.39. The number of benzene rings is 3. The van der Waals surface area contributed by atoms with Gasteiger partial charge in [0.2, 0.25) is 5.91 Å². The van der Waals surface area contributed by atoms with Crippen molar-refractivity contribution >= 4 is 40.9 Å². The van der Waals surface area contributed by atoms with Crippen molar-refractivity contribution in [1.29, 1.82) is 0 Å². The van der Waals surface area contributed by atoms with Gasteiger partial charge in [0.1, 0.15) is 5.75 Å². The van der Waals surface area contributed by atoms with Crippen LogP contribution in [0.4, 0.5) is 16.2 Å². The SMILES string of the molecule is CCOC(=O)Oc1ccc(C(=O)Nc2cccc(NC(=O)CCc3ccccc3Cl)c2)cc1. The minimum absolute atomic E-state index is 0.157. The standard InChI is InChI=1S/C25H23ClN2O5/c1-2-32-25(31)33-21-13-10-18(11-14-21)24(30)28-20-8-5-7-19(16-20)27-23(29)15-12-17-6-3-4-9-22(17)26/h3-11,13-14,16H,2,12,15H2,1H3,(H,27,29)(H,28,30). The maximum absolute atomic E-state index is 12.5. The molecule has 7 nitrogen and oxygen atoms in total. The molecule has 0 bridgehead atoms. The number of hydrogen-bond donors (Lipinski definition) is 2. The van der Waals surface area contributed by atoms with Gasteiger partial charge < -0.3 is 20.1 Å². The first-order valence-electron chi connectivity index (χ1n) is 10.3. The Bertz CT molecular complexity index is 1130. The van der Waals surface area contributed by atoms with E-state index < -0.39 is 6.16 Å². The third-order valence-electron chi connectivity index (χ3n) is 4.56. The normalized spacial score (nSPS) is 10.2. The molecule has 3 aromatic rings. The molecule has 33 heavy (non-hydrogen) atoms. The third kappa shape index (κ3) is 7.36. The van der Waals surface area contributed by atoms with Gasteiger partial charge >= 0.3 is 6.16 Å². The molecule has 2 amide bonds. The lowest BCUT2D eigenvalue weighted by Gasteiger charge is -2.10. The molecule has 0 spiro atoms. The summed E-state index contributed by atoms with van der Waals surface area (Å²) in [6, 6.07) is 20.3. The van der Waals surface area contributed by atoms with Gasteiger partial charge in [-0.3, -0.25) is 9.59 Å². The molecule has 0 radical (unpaired) electrons. The van der Waals surface area contributed by atoms with Crippen LogP contribution < -0.4 is 15.4 Å². The first-order chi connectivity index (χ1) is 15.9. The summed E-state index contributed by atoms with van der Waals surface area (Å²) in [4.78, 5) is 36.2. The maximum atomic E-state index is 12.5. The van der Waals surface area contributed by atoms with Gasteiger partial charge in [-0.1, -0.05) is 35.9 Å². The summed E-state index contributed by atoms with van der Waals surface area (Å²) in [6.07, 6.45) is -0.00124. The van der Waals surface area contributed by atoms with Crippen LogP contribution in [0.15, 0.2) is 72.8 Å². The lowest BCUT2D eigenvalue weighted by Crippen LogP contribution is -2.14. The van der Waals surface area contributed by atoms with Crippen LogP contribution in [-0.4, -0.2) is 24.6 Å². The Morgan fingerprint density at radius 2 is 1.58 bits per heavy atom. The number of amides is 2. The zero-order valence-electron chi connectivity index (χ0n) is 18.0. The van der Waals surface area contributed by atoms with E-state index in [1.165, 1.54) is 24.3 Å². The van der Waals surface area contributed by atoms with Crippen LogP contribution in [0.25, 0.3) is 0 Å². The molecule has 8 heteroatoms. The van der Waals surface area contributed by atoms with E-state index in [0.29, 0.717) is 28.4 Å². The number of nitrogens with one attached hydrogen (secondary N) is 2. The largest absolute Gasteiger partial charge is 0.513 e. The van der Waals surface area contributed by atoms with E-state index in [-0.39, 0.29) is 30.6 Å². The van der Waals surface area contributed by atoms with Crippen LogP contribution in [0.1, 0.15) is 29.3 Å². The Labute approximate surface area is 196 Å². The van der Waals surface area contributed by atoms with Gasteiger partial charge in [-0.25, -0.2) is 4.79 Å². The summed E-state index contributed by atoms with van der Waals surface area (Å²) in [5, 5.41) is 6.24. The molecule has 0 aliphatic heterocycles. The number of carbonyl (C=O) groups is 3. The second-order valence-electron chi connectivity index (χ2n) is 6.98. The predicted molar refractivity (Wildman–Crippen MR) is 127 cm³/mol. The zero-order valence-corrected chi connectivity index (χ0v) is 18.7. The summed E-state index contributed by atoms with van der Waals surface area (Å²) >= 11 is 6.13. The number of rotatable bonds is 8. The molecular formula is C25H23ClN2O5. The molecule has 170 valence electrons. The molecule has 2 N–H and O–H groups in total. The lowest BCUT2D eigenvalue weighted by molar-refractivity contribution is -0.116. The Morgan fingerprint density at radius 1 is 0.879 bits per heavy atom. The minimum Gasteiger partial charge on any atom is -0.434 e. The molecule has 3 aromatic carbocycles. The topological polar surface area (TPSA) is 93.7 Å². The summed E-state index contributed by atoms with van der Waals surface area (Å²) < 4.78 is 9.68. The van der Waals surface area contributed by atoms with E-state index in [0.717, 1.165) is 5.56 Å². The fourth-order valence-electron chi connectivity index (χ4n) is 2.97. The van der Waals surface area contributed by atoms with Crippen LogP contribution in [0.3, 0.4) is 0 Å². The van der Waals surface area contributed by atoms with Gasteiger partial charge in [0.25, 0.3) is 5.91 Å². The fourth-order valence-corrected chi connectivity index (χ4v) is 3.20. The highest BCUT2D eigenvalue weighted by molar-refractivity contribution is 6.31. The summed E-state index contributed by atoms with van der Waals surface area (Å²) in [5.74, 6) is -0.234. The molecule has 0 aliphatic carbocycles. The highest BCUT2D eigenvalue weighted by atomic mass is 35.5. The van der Waals surface area contributed by atoms with Gasteiger partial charge in [0.05, 0.1) is 6.61 Å². The van der Waals surface area contributed by atoms with Crippen molar-refractivity contribution in [3.8, 4) is 5.75 Å². The quantitative estimate of drug-likeness (QED) is 0.328. The third-order valence-corrected chi connectivity index (χ3v) is 4.93. The number of hydrogen-bond acceptors (Lipinski definition) is 5. The summed E-state index contributed by atoms with van der Waals surface area (Å²) in [7, 11) is 0. The lowest BCUT2D eigenvalue weighted by atomic mass is 10.1. The maximum Gasteiger partial charge on any atom is 0.513 e. The molecule has 0 atom stereocenters. The van der Waals surface area contributed by atoms with Gasteiger partial charge in [-0.15, -0.1) is 0 Å². The fraction of sp³-hybridized carbons (Fsp3) is 0.160. The van der Waals surface area contributed by atoms with Gasteiger partial charge in [-0.05, 0) is 67.4 Å². The number of aryl methyl sites for hydroxylation is 1. The van der Waals surface area contributed by atoms with E-state index in [4.69, 9.17) is 21.1 Å². The van der Waals surface area contributed by atoms with Crippen LogP contribution in [0, 0.1) is 0 Å². The average Bonchev–Trinajstić information content (AvgIpc) is 2.79. The minimum atomic E-state index is -0.805. The Balaban J connectivity index is 1.54.